The average molecular weight is 253 g/mol. The fourth-order valence-corrected chi connectivity index (χ4v) is 2.98. The lowest BCUT2D eigenvalue weighted by molar-refractivity contribution is -0.137. The van der Waals surface area contributed by atoms with Crippen LogP contribution >= 0.6 is 0 Å². The first-order chi connectivity index (χ1) is 8.62. The van der Waals surface area contributed by atoms with E-state index in [1.54, 1.807) is 0 Å². The molecule has 2 aliphatic carbocycles. The standard InChI is InChI=1S/C14H23NO3/c16-12(4-1-2-5-13(17)18)15-10-14(8-3-9-14)11-6-7-11/h11H,1-10H2,(H,15,16)(H,17,18). The number of hydrogen-bond acceptors (Lipinski definition) is 2. The van der Waals surface area contributed by atoms with Crippen LogP contribution in [0.5, 0.6) is 0 Å². The zero-order valence-corrected chi connectivity index (χ0v) is 10.9. The minimum absolute atomic E-state index is 0.0901. The number of carboxylic acids is 1. The third-order valence-corrected chi connectivity index (χ3v) is 4.47. The average Bonchev–Trinajstić information content (AvgIpc) is 3.07. The van der Waals surface area contributed by atoms with Crippen LogP contribution in [0.15, 0.2) is 0 Å². The van der Waals surface area contributed by atoms with Crippen LogP contribution in [0.25, 0.3) is 0 Å². The fraction of sp³-hybridized carbons (Fsp3) is 0.857. The molecule has 0 aromatic heterocycles. The van der Waals surface area contributed by atoms with E-state index < -0.39 is 5.97 Å². The second kappa shape index (κ2) is 5.72. The van der Waals surface area contributed by atoms with E-state index in [9.17, 15) is 9.59 Å². The number of carboxylic acid groups (broad SMARTS) is 1. The van der Waals surface area contributed by atoms with Crippen molar-refractivity contribution in [2.45, 2.75) is 57.8 Å². The maximum absolute atomic E-state index is 11.7. The van der Waals surface area contributed by atoms with Gasteiger partial charge in [0.2, 0.25) is 5.91 Å². The van der Waals surface area contributed by atoms with Gasteiger partial charge in [0, 0.05) is 19.4 Å². The second-order valence-electron chi connectivity index (χ2n) is 5.87. The van der Waals surface area contributed by atoms with Crippen molar-refractivity contribution >= 4 is 11.9 Å². The number of hydrogen-bond donors (Lipinski definition) is 2. The molecular weight excluding hydrogens is 230 g/mol. The molecule has 18 heavy (non-hydrogen) atoms. The molecular formula is C14H23NO3. The van der Waals surface area contributed by atoms with Crippen LogP contribution in [0.1, 0.15) is 57.8 Å². The summed E-state index contributed by atoms with van der Waals surface area (Å²) >= 11 is 0. The first-order valence-electron chi connectivity index (χ1n) is 7.11. The fourth-order valence-electron chi connectivity index (χ4n) is 2.98. The molecule has 0 heterocycles. The smallest absolute Gasteiger partial charge is 0.303 e. The normalized spacial score (nSPS) is 21.1. The highest BCUT2D eigenvalue weighted by Crippen LogP contribution is 2.56. The molecule has 2 fully saturated rings. The quantitative estimate of drug-likeness (QED) is 0.652. The molecule has 0 aromatic carbocycles. The van der Waals surface area contributed by atoms with Gasteiger partial charge in [0.15, 0.2) is 0 Å². The molecule has 2 rings (SSSR count). The number of rotatable bonds is 8. The van der Waals surface area contributed by atoms with Crippen molar-refractivity contribution in [1.29, 1.82) is 0 Å². The Hall–Kier alpha value is -1.06. The topological polar surface area (TPSA) is 66.4 Å². The molecule has 0 bridgehead atoms. The summed E-state index contributed by atoms with van der Waals surface area (Å²) in [6.45, 7) is 0.843. The number of carbonyl (C=O) groups is 2. The summed E-state index contributed by atoms with van der Waals surface area (Å²) in [6, 6.07) is 0. The molecule has 0 atom stereocenters. The first kappa shape index (κ1) is 13.4. The van der Waals surface area contributed by atoms with Crippen molar-refractivity contribution in [3.05, 3.63) is 0 Å². The summed E-state index contributed by atoms with van der Waals surface area (Å²) in [7, 11) is 0. The molecule has 0 unspecified atom stereocenters. The predicted octanol–water partition coefficient (Wildman–Crippen LogP) is 2.33. The molecule has 2 aliphatic rings. The van der Waals surface area contributed by atoms with Crippen LogP contribution in [0.3, 0.4) is 0 Å². The largest absolute Gasteiger partial charge is 0.481 e. The monoisotopic (exact) mass is 253 g/mol. The summed E-state index contributed by atoms with van der Waals surface area (Å²) in [4.78, 5) is 22.0. The highest BCUT2D eigenvalue weighted by Gasteiger charge is 2.48. The van der Waals surface area contributed by atoms with Gasteiger partial charge in [0.25, 0.3) is 0 Å². The van der Waals surface area contributed by atoms with Gasteiger partial charge < -0.3 is 10.4 Å². The molecule has 1 amide bonds. The molecule has 0 aromatic rings. The van der Waals surface area contributed by atoms with Gasteiger partial charge in [-0.2, -0.15) is 0 Å². The number of nitrogens with one attached hydrogen (secondary N) is 1. The summed E-state index contributed by atoms with van der Waals surface area (Å²) < 4.78 is 0. The van der Waals surface area contributed by atoms with Crippen molar-refractivity contribution in [3.63, 3.8) is 0 Å². The minimum atomic E-state index is -0.780. The zero-order chi connectivity index (χ0) is 13.0. The Kier molecular flexibility index (Phi) is 4.25. The Morgan fingerprint density at radius 3 is 2.33 bits per heavy atom. The summed E-state index contributed by atoms with van der Waals surface area (Å²) in [6.07, 6.45) is 8.44. The number of unbranched alkanes of at least 4 members (excludes halogenated alkanes) is 1. The first-order valence-corrected chi connectivity index (χ1v) is 7.11. The summed E-state index contributed by atoms with van der Waals surface area (Å²) in [5, 5.41) is 11.5. The van der Waals surface area contributed by atoms with Crippen LogP contribution in [0.2, 0.25) is 0 Å². The molecule has 0 radical (unpaired) electrons. The Morgan fingerprint density at radius 1 is 1.17 bits per heavy atom. The maximum atomic E-state index is 11.7. The van der Waals surface area contributed by atoms with E-state index in [0.29, 0.717) is 24.7 Å². The van der Waals surface area contributed by atoms with Crippen molar-refractivity contribution in [3.8, 4) is 0 Å². The van der Waals surface area contributed by atoms with Crippen molar-refractivity contribution in [1.82, 2.24) is 5.32 Å². The highest BCUT2D eigenvalue weighted by molar-refractivity contribution is 5.76. The van der Waals surface area contributed by atoms with Crippen LogP contribution in [-0.2, 0) is 9.59 Å². The van der Waals surface area contributed by atoms with Crippen LogP contribution in [0, 0.1) is 11.3 Å². The van der Waals surface area contributed by atoms with Gasteiger partial charge in [-0.1, -0.05) is 6.42 Å². The Bertz CT molecular complexity index is 319. The van der Waals surface area contributed by atoms with Gasteiger partial charge in [0.1, 0.15) is 0 Å². The van der Waals surface area contributed by atoms with Gasteiger partial charge in [-0.15, -0.1) is 0 Å². The number of amides is 1. The van der Waals surface area contributed by atoms with E-state index in [2.05, 4.69) is 5.32 Å². The molecule has 4 nitrogen and oxygen atoms in total. The lowest BCUT2D eigenvalue weighted by Gasteiger charge is -2.42. The van der Waals surface area contributed by atoms with Gasteiger partial charge in [-0.05, 0) is 49.9 Å². The van der Waals surface area contributed by atoms with Crippen LogP contribution < -0.4 is 5.32 Å². The Balaban J connectivity index is 1.58. The zero-order valence-electron chi connectivity index (χ0n) is 10.9. The van der Waals surface area contributed by atoms with Crippen molar-refractivity contribution < 1.29 is 14.7 Å². The van der Waals surface area contributed by atoms with Crippen molar-refractivity contribution in [2.75, 3.05) is 6.54 Å². The van der Waals surface area contributed by atoms with Gasteiger partial charge in [0.05, 0.1) is 0 Å². The third kappa shape index (κ3) is 3.47. The summed E-state index contributed by atoms with van der Waals surface area (Å²) in [5.41, 5.74) is 0.427. The van der Waals surface area contributed by atoms with E-state index >= 15 is 0 Å². The molecule has 0 saturated heterocycles. The van der Waals surface area contributed by atoms with E-state index in [1.807, 2.05) is 0 Å². The van der Waals surface area contributed by atoms with Crippen LogP contribution in [-0.4, -0.2) is 23.5 Å². The van der Waals surface area contributed by atoms with Gasteiger partial charge in [-0.3, -0.25) is 9.59 Å². The summed E-state index contributed by atoms with van der Waals surface area (Å²) in [5.74, 6) is 0.170. The minimum Gasteiger partial charge on any atom is -0.481 e. The SMILES string of the molecule is O=C(O)CCCCC(=O)NCC1(C2CC2)CCC1. The maximum Gasteiger partial charge on any atom is 0.303 e. The van der Waals surface area contributed by atoms with Gasteiger partial charge >= 0.3 is 5.97 Å². The Morgan fingerprint density at radius 2 is 1.83 bits per heavy atom. The van der Waals surface area contributed by atoms with E-state index in [-0.39, 0.29) is 12.3 Å². The Labute approximate surface area is 108 Å². The van der Waals surface area contributed by atoms with E-state index in [1.165, 1.54) is 32.1 Å². The molecule has 0 spiro atoms. The molecule has 2 N–H and O–H groups in total. The second-order valence-corrected chi connectivity index (χ2v) is 5.87. The third-order valence-electron chi connectivity index (χ3n) is 4.47. The lowest BCUT2D eigenvalue weighted by atomic mass is 9.65. The molecule has 0 aliphatic heterocycles. The predicted molar refractivity (Wildman–Crippen MR) is 68.1 cm³/mol. The molecule has 2 saturated carbocycles. The molecule has 4 heteroatoms. The van der Waals surface area contributed by atoms with Gasteiger partial charge in [-0.25, -0.2) is 0 Å². The highest BCUT2D eigenvalue weighted by atomic mass is 16.4. The number of carbonyl (C=O) groups excluding carboxylic acids is 1. The van der Waals surface area contributed by atoms with Crippen molar-refractivity contribution in [2.24, 2.45) is 11.3 Å². The van der Waals surface area contributed by atoms with E-state index in [0.717, 1.165) is 12.5 Å². The lowest BCUT2D eigenvalue weighted by Crippen LogP contribution is -2.43. The van der Waals surface area contributed by atoms with E-state index in [4.69, 9.17) is 5.11 Å². The molecule has 102 valence electrons. The number of aliphatic carboxylic acids is 1. The van der Waals surface area contributed by atoms with Crippen LogP contribution in [0.4, 0.5) is 0 Å².